The van der Waals surface area contributed by atoms with Gasteiger partial charge in [-0.05, 0) is 17.7 Å². The molecule has 2 aromatic rings. The zero-order valence-corrected chi connectivity index (χ0v) is 11.8. The van der Waals surface area contributed by atoms with Crippen LogP contribution in [0, 0.1) is 0 Å². The largest absolute Gasteiger partial charge is 1.00 e. The fourth-order valence-corrected chi connectivity index (χ4v) is 1.81. The molecule has 104 valence electrons. The van der Waals surface area contributed by atoms with Crippen molar-refractivity contribution in [2.45, 2.75) is 6.10 Å². The lowest BCUT2D eigenvalue weighted by atomic mass is 10.1. The quantitative estimate of drug-likeness (QED) is 0.744. The van der Waals surface area contributed by atoms with Crippen LogP contribution in [0.15, 0.2) is 30.6 Å². The molecule has 1 heterocycles. The van der Waals surface area contributed by atoms with Crippen LogP contribution in [0.1, 0.15) is 17.5 Å². The Hall–Kier alpha value is -1.72. The number of aliphatic hydroxyl groups is 1. The van der Waals surface area contributed by atoms with Crippen LogP contribution < -0.4 is 21.9 Å². The number of methoxy groups -OCH3 is 2. The number of rotatable bonds is 4. The predicted molar refractivity (Wildman–Crippen MR) is 66.8 cm³/mol. The summed E-state index contributed by atoms with van der Waals surface area (Å²) >= 11 is 0. The Labute approximate surface area is 118 Å². The summed E-state index contributed by atoms with van der Waals surface area (Å²) < 4.78 is 12.1. The first-order valence-corrected chi connectivity index (χ1v) is 5.54. The topological polar surface area (TPSA) is 56.5 Å². The van der Waals surface area contributed by atoms with Crippen LogP contribution in [-0.2, 0) is 7.05 Å². The van der Waals surface area contributed by atoms with Crippen LogP contribution in [0.3, 0.4) is 0 Å². The van der Waals surface area contributed by atoms with Crippen molar-refractivity contribution in [3.63, 3.8) is 0 Å². The van der Waals surface area contributed by atoms with Crippen molar-refractivity contribution in [1.82, 2.24) is 9.55 Å². The standard InChI is InChI=1S/C13H16N2O3.ClH/c1-15-7-6-14-13(15)12(16)9-4-5-10(17-2)11(8-9)18-3;/h4-8,12,16H,1-3H3;1H/p-1. The van der Waals surface area contributed by atoms with E-state index in [9.17, 15) is 5.11 Å². The molecular weight excluding hydrogens is 268 g/mol. The highest BCUT2D eigenvalue weighted by Gasteiger charge is 2.16. The van der Waals surface area contributed by atoms with Gasteiger partial charge in [-0.25, -0.2) is 4.98 Å². The third-order valence-electron chi connectivity index (χ3n) is 2.83. The second kappa shape index (κ2) is 6.45. The van der Waals surface area contributed by atoms with E-state index >= 15 is 0 Å². The van der Waals surface area contributed by atoms with Gasteiger partial charge in [0.25, 0.3) is 0 Å². The van der Waals surface area contributed by atoms with Crippen LogP contribution in [0.25, 0.3) is 0 Å². The zero-order chi connectivity index (χ0) is 13.1. The number of imidazole rings is 1. The number of aliphatic hydroxyl groups excluding tert-OH is 1. The maximum Gasteiger partial charge on any atom is 0.161 e. The Morgan fingerprint density at radius 2 is 1.89 bits per heavy atom. The lowest BCUT2D eigenvalue weighted by Crippen LogP contribution is -3.00. The van der Waals surface area contributed by atoms with Crippen molar-refractivity contribution >= 4 is 0 Å². The number of benzene rings is 1. The number of halogens is 1. The lowest BCUT2D eigenvalue weighted by Gasteiger charge is -2.14. The number of aryl methyl sites for hydroxylation is 1. The van der Waals surface area contributed by atoms with E-state index in [0.29, 0.717) is 22.9 Å². The number of hydrogen-bond acceptors (Lipinski definition) is 4. The summed E-state index contributed by atoms with van der Waals surface area (Å²) in [6, 6.07) is 5.30. The molecular formula is C13H16ClN2O3-. The Morgan fingerprint density at radius 3 is 2.42 bits per heavy atom. The molecule has 0 spiro atoms. The third-order valence-corrected chi connectivity index (χ3v) is 2.83. The first-order chi connectivity index (χ1) is 8.67. The lowest BCUT2D eigenvalue weighted by molar-refractivity contribution is -0.00000565. The van der Waals surface area contributed by atoms with E-state index in [4.69, 9.17) is 9.47 Å². The maximum absolute atomic E-state index is 10.3. The van der Waals surface area contributed by atoms with Crippen molar-refractivity contribution in [2.24, 2.45) is 7.05 Å². The summed E-state index contributed by atoms with van der Waals surface area (Å²) in [5, 5.41) is 10.3. The normalized spacial score (nSPS) is 11.6. The van der Waals surface area contributed by atoms with Gasteiger partial charge in [0.1, 0.15) is 11.9 Å². The van der Waals surface area contributed by atoms with Crippen LogP contribution in [0.5, 0.6) is 11.5 Å². The summed E-state index contributed by atoms with van der Waals surface area (Å²) in [7, 11) is 4.98. The molecule has 0 aliphatic rings. The van der Waals surface area contributed by atoms with Crippen LogP contribution in [-0.4, -0.2) is 28.9 Å². The summed E-state index contributed by atoms with van der Waals surface area (Å²) in [5.74, 6) is 1.80. The van der Waals surface area contributed by atoms with Crippen molar-refractivity contribution in [3.05, 3.63) is 42.0 Å². The molecule has 0 aliphatic heterocycles. The van der Waals surface area contributed by atoms with Gasteiger partial charge in [0.05, 0.1) is 14.2 Å². The third kappa shape index (κ3) is 3.00. The number of aromatic nitrogens is 2. The van der Waals surface area contributed by atoms with Gasteiger partial charge in [0.15, 0.2) is 11.5 Å². The van der Waals surface area contributed by atoms with E-state index < -0.39 is 6.10 Å². The molecule has 0 bridgehead atoms. The Balaban J connectivity index is 0.00000180. The highest BCUT2D eigenvalue weighted by atomic mass is 35.5. The van der Waals surface area contributed by atoms with Gasteiger partial charge < -0.3 is 31.6 Å². The molecule has 0 amide bonds. The monoisotopic (exact) mass is 283 g/mol. The van der Waals surface area contributed by atoms with Crippen LogP contribution in [0.4, 0.5) is 0 Å². The van der Waals surface area contributed by atoms with E-state index in [2.05, 4.69) is 4.98 Å². The van der Waals surface area contributed by atoms with Gasteiger partial charge in [-0.2, -0.15) is 0 Å². The SMILES string of the molecule is COc1ccc(C(O)c2nccn2C)cc1OC.[Cl-]. The number of nitrogens with zero attached hydrogens (tertiary/aromatic N) is 2. The molecule has 0 aliphatic carbocycles. The van der Waals surface area contributed by atoms with E-state index in [-0.39, 0.29) is 12.4 Å². The minimum absolute atomic E-state index is 0. The molecule has 2 rings (SSSR count). The summed E-state index contributed by atoms with van der Waals surface area (Å²) in [6.07, 6.45) is 2.66. The van der Waals surface area contributed by atoms with E-state index in [1.54, 1.807) is 49.4 Å². The Bertz CT molecular complexity index is 542. The molecule has 6 heteroatoms. The molecule has 0 saturated heterocycles. The highest BCUT2D eigenvalue weighted by molar-refractivity contribution is 5.44. The Morgan fingerprint density at radius 1 is 1.21 bits per heavy atom. The average molecular weight is 284 g/mol. The summed E-state index contributed by atoms with van der Waals surface area (Å²) in [4.78, 5) is 4.13. The smallest absolute Gasteiger partial charge is 0.161 e. The highest BCUT2D eigenvalue weighted by Crippen LogP contribution is 2.31. The average Bonchev–Trinajstić information content (AvgIpc) is 2.83. The van der Waals surface area contributed by atoms with Crippen molar-refractivity contribution in [2.75, 3.05) is 14.2 Å². The predicted octanol–water partition coefficient (Wildman–Crippen LogP) is -1.48. The van der Waals surface area contributed by atoms with Crippen molar-refractivity contribution < 1.29 is 27.0 Å². The van der Waals surface area contributed by atoms with E-state index in [1.165, 1.54) is 0 Å². The second-order valence-electron chi connectivity index (χ2n) is 3.91. The number of hydrogen-bond donors (Lipinski definition) is 1. The first-order valence-electron chi connectivity index (χ1n) is 5.54. The van der Waals surface area contributed by atoms with Gasteiger partial charge in [0, 0.05) is 19.4 Å². The minimum Gasteiger partial charge on any atom is -1.00 e. The minimum atomic E-state index is -0.787. The Kier molecular flexibility index (Phi) is 5.20. The molecule has 0 radical (unpaired) electrons. The van der Waals surface area contributed by atoms with Gasteiger partial charge in [-0.1, -0.05) is 6.07 Å². The second-order valence-corrected chi connectivity index (χ2v) is 3.91. The zero-order valence-electron chi connectivity index (χ0n) is 11.0. The van der Waals surface area contributed by atoms with Gasteiger partial charge in [-0.15, -0.1) is 0 Å². The first kappa shape index (κ1) is 15.3. The number of ether oxygens (including phenoxy) is 2. The van der Waals surface area contributed by atoms with Crippen LogP contribution >= 0.6 is 0 Å². The molecule has 1 aromatic carbocycles. The van der Waals surface area contributed by atoms with E-state index in [0.717, 1.165) is 0 Å². The summed E-state index contributed by atoms with van der Waals surface area (Å²) in [6.45, 7) is 0. The fraction of sp³-hybridized carbons (Fsp3) is 0.308. The van der Waals surface area contributed by atoms with E-state index in [1.807, 2.05) is 7.05 Å². The fourth-order valence-electron chi connectivity index (χ4n) is 1.81. The molecule has 19 heavy (non-hydrogen) atoms. The molecule has 0 saturated carbocycles. The maximum atomic E-state index is 10.3. The van der Waals surface area contributed by atoms with Crippen molar-refractivity contribution in [1.29, 1.82) is 0 Å². The van der Waals surface area contributed by atoms with Gasteiger partial charge in [0.2, 0.25) is 0 Å². The van der Waals surface area contributed by atoms with Gasteiger partial charge >= 0.3 is 0 Å². The summed E-state index contributed by atoms with van der Waals surface area (Å²) in [5.41, 5.74) is 0.710. The molecule has 0 fully saturated rings. The molecule has 1 atom stereocenters. The molecule has 1 N–H and O–H groups in total. The molecule has 1 unspecified atom stereocenters. The van der Waals surface area contributed by atoms with Crippen LogP contribution in [0.2, 0.25) is 0 Å². The molecule has 1 aromatic heterocycles. The van der Waals surface area contributed by atoms with Gasteiger partial charge in [-0.3, -0.25) is 0 Å². The van der Waals surface area contributed by atoms with Crippen molar-refractivity contribution in [3.8, 4) is 11.5 Å². The molecule has 5 nitrogen and oxygen atoms in total.